The van der Waals surface area contributed by atoms with Crippen LogP contribution >= 0.6 is 15.9 Å². The summed E-state index contributed by atoms with van der Waals surface area (Å²) in [7, 11) is 0. The minimum absolute atomic E-state index is 0.139. The molecule has 1 N–H and O–H groups in total. The second-order valence-corrected chi connectivity index (χ2v) is 5.40. The van der Waals surface area contributed by atoms with Gasteiger partial charge in [0.05, 0.1) is 0 Å². The quantitative estimate of drug-likeness (QED) is 0.850. The Morgan fingerprint density at radius 3 is 2.78 bits per heavy atom. The summed E-state index contributed by atoms with van der Waals surface area (Å²) >= 11 is 3.18. The first kappa shape index (κ1) is 13.6. The number of halogens is 1. The Hall–Kier alpha value is -0.810. The maximum atomic E-state index is 11.7. The van der Waals surface area contributed by atoms with E-state index in [1.807, 2.05) is 0 Å². The van der Waals surface area contributed by atoms with Crippen molar-refractivity contribution in [2.45, 2.75) is 25.7 Å². The molecule has 2 heterocycles. The number of nitrogens with zero attached hydrogens (tertiary/aromatic N) is 1. The summed E-state index contributed by atoms with van der Waals surface area (Å²) in [5.74, 6) is 0.221. The molecule has 0 aromatic carbocycles. The fraction of sp³-hybridized carbons (Fsp3) is 0.615. The number of likely N-dealkylation sites (tertiary alicyclic amines) is 1. The maximum absolute atomic E-state index is 11.7. The number of piperidine rings is 1. The lowest BCUT2D eigenvalue weighted by Gasteiger charge is -2.26. The summed E-state index contributed by atoms with van der Waals surface area (Å²) in [6.07, 6.45) is 4.98. The van der Waals surface area contributed by atoms with Gasteiger partial charge in [0.1, 0.15) is 0 Å². The smallest absolute Gasteiger partial charge is 0.287 e. The van der Waals surface area contributed by atoms with Gasteiger partial charge in [-0.1, -0.05) is 6.42 Å². The van der Waals surface area contributed by atoms with Crippen molar-refractivity contribution in [3.8, 4) is 0 Å². The molecule has 1 aromatic heterocycles. The van der Waals surface area contributed by atoms with Gasteiger partial charge >= 0.3 is 0 Å². The van der Waals surface area contributed by atoms with Crippen LogP contribution in [0.15, 0.2) is 21.2 Å². The molecule has 0 unspecified atom stereocenters. The first-order valence-electron chi connectivity index (χ1n) is 6.51. The molecule has 0 aliphatic carbocycles. The topological polar surface area (TPSA) is 45.5 Å². The van der Waals surface area contributed by atoms with E-state index < -0.39 is 0 Å². The van der Waals surface area contributed by atoms with E-state index in [1.54, 1.807) is 12.1 Å². The van der Waals surface area contributed by atoms with E-state index in [2.05, 4.69) is 26.1 Å². The summed E-state index contributed by atoms with van der Waals surface area (Å²) in [5.41, 5.74) is 0. The molecule has 100 valence electrons. The molecule has 1 aromatic rings. The molecule has 0 bridgehead atoms. The van der Waals surface area contributed by atoms with Gasteiger partial charge in [0.15, 0.2) is 10.4 Å². The third-order valence-corrected chi connectivity index (χ3v) is 3.61. The monoisotopic (exact) mass is 314 g/mol. The van der Waals surface area contributed by atoms with Gasteiger partial charge < -0.3 is 14.6 Å². The van der Waals surface area contributed by atoms with Crippen molar-refractivity contribution in [1.29, 1.82) is 0 Å². The number of hydrogen-bond acceptors (Lipinski definition) is 3. The molecule has 1 aliphatic heterocycles. The predicted molar refractivity (Wildman–Crippen MR) is 73.6 cm³/mol. The zero-order valence-electron chi connectivity index (χ0n) is 10.5. The summed E-state index contributed by atoms with van der Waals surface area (Å²) in [4.78, 5) is 14.1. The van der Waals surface area contributed by atoms with Crippen molar-refractivity contribution < 1.29 is 9.21 Å². The predicted octanol–water partition coefficient (Wildman–Crippen LogP) is 2.65. The largest absolute Gasteiger partial charge is 0.444 e. The van der Waals surface area contributed by atoms with Crippen molar-refractivity contribution >= 4 is 21.8 Å². The lowest BCUT2D eigenvalue weighted by Crippen LogP contribution is -2.33. The number of carbonyl (C=O) groups is 1. The van der Waals surface area contributed by atoms with Crippen LogP contribution in [0.5, 0.6) is 0 Å². The number of hydrogen-bond donors (Lipinski definition) is 1. The molecule has 1 saturated heterocycles. The SMILES string of the molecule is O=C(NCCCN1CCCCC1)c1ccc(Br)o1. The zero-order chi connectivity index (χ0) is 12.8. The molecule has 1 aliphatic rings. The van der Waals surface area contributed by atoms with E-state index in [-0.39, 0.29) is 5.91 Å². The average Bonchev–Trinajstić information content (AvgIpc) is 2.82. The Morgan fingerprint density at radius 1 is 1.33 bits per heavy atom. The lowest BCUT2D eigenvalue weighted by molar-refractivity contribution is 0.0922. The van der Waals surface area contributed by atoms with Crippen LogP contribution in [0.1, 0.15) is 36.2 Å². The molecule has 0 spiro atoms. The van der Waals surface area contributed by atoms with Gasteiger partial charge in [-0.2, -0.15) is 0 Å². The molecule has 0 saturated carbocycles. The van der Waals surface area contributed by atoms with Crippen molar-refractivity contribution in [2.24, 2.45) is 0 Å². The summed E-state index contributed by atoms with van der Waals surface area (Å²) < 4.78 is 5.77. The second kappa shape index (κ2) is 6.95. The molecule has 4 nitrogen and oxygen atoms in total. The van der Waals surface area contributed by atoms with Crippen molar-refractivity contribution in [2.75, 3.05) is 26.2 Å². The van der Waals surface area contributed by atoms with Crippen LogP contribution < -0.4 is 5.32 Å². The van der Waals surface area contributed by atoms with Crippen LogP contribution in [0.2, 0.25) is 0 Å². The molecule has 0 radical (unpaired) electrons. The second-order valence-electron chi connectivity index (χ2n) is 4.62. The van der Waals surface area contributed by atoms with Gasteiger partial charge in [-0.25, -0.2) is 0 Å². The van der Waals surface area contributed by atoms with Gasteiger partial charge in [-0.15, -0.1) is 0 Å². The zero-order valence-corrected chi connectivity index (χ0v) is 12.0. The number of furan rings is 1. The Balaban J connectivity index is 1.61. The lowest BCUT2D eigenvalue weighted by atomic mass is 10.1. The number of nitrogens with one attached hydrogen (secondary N) is 1. The van der Waals surface area contributed by atoms with Gasteiger partial charge in [0.25, 0.3) is 5.91 Å². The first-order chi connectivity index (χ1) is 8.75. The number of rotatable bonds is 5. The maximum Gasteiger partial charge on any atom is 0.287 e. The van der Waals surface area contributed by atoms with Gasteiger partial charge in [0.2, 0.25) is 0 Å². The molecule has 2 rings (SSSR count). The van der Waals surface area contributed by atoms with Gasteiger partial charge in [0, 0.05) is 6.54 Å². The van der Waals surface area contributed by atoms with Crippen molar-refractivity contribution in [1.82, 2.24) is 10.2 Å². The fourth-order valence-electron chi connectivity index (χ4n) is 2.21. The number of carbonyl (C=O) groups excluding carboxylic acids is 1. The van der Waals surface area contributed by atoms with E-state index in [9.17, 15) is 4.79 Å². The standard InChI is InChI=1S/C13H19BrN2O2/c14-12-6-5-11(18-12)13(17)15-7-4-10-16-8-2-1-3-9-16/h5-6H,1-4,7-10H2,(H,15,17). The molecular formula is C13H19BrN2O2. The highest BCUT2D eigenvalue weighted by Gasteiger charge is 2.11. The molecule has 18 heavy (non-hydrogen) atoms. The Kier molecular flexibility index (Phi) is 5.26. The van der Waals surface area contributed by atoms with Crippen LogP contribution in [0, 0.1) is 0 Å². The van der Waals surface area contributed by atoms with E-state index in [4.69, 9.17) is 4.42 Å². The Morgan fingerprint density at radius 2 is 2.11 bits per heavy atom. The minimum atomic E-state index is -0.139. The van der Waals surface area contributed by atoms with E-state index >= 15 is 0 Å². The van der Waals surface area contributed by atoms with Crippen molar-refractivity contribution in [3.05, 3.63) is 22.6 Å². The Labute approximate surface area is 116 Å². The summed E-state index contributed by atoms with van der Waals surface area (Å²) in [6, 6.07) is 3.40. The number of amides is 1. The molecule has 1 amide bonds. The molecule has 5 heteroatoms. The van der Waals surface area contributed by atoms with E-state index in [1.165, 1.54) is 32.4 Å². The molecule has 1 fully saturated rings. The van der Waals surface area contributed by atoms with E-state index in [0.717, 1.165) is 13.0 Å². The fourth-order valence-corrected chi connectivity index (χ4v) is 2.52. The normalized spacial score (nSPS) is 16.7. The van der Waals surface area contributed by atoms with Gasteiger partial charge in [-0.3, -0.25) is 4.79 Å². The van der Waals surface area contributed by atoms with Crippen LogP contribution in [0.4, 0.5) is 0 Å². The third kappa shape index (κ3) is 4.14. The molecule has 0 atom stereocenters. The van der Waals surface area contributed by atoms with Crippen LogP contribution in [0.25, 0.3) is 0 Å². The van der Waals surface area contributed by atoms with Crippen LogP contribution in [-0.2, 0) is 0 Å². The first-order valence-corrected chi connectivity index (χ1v) is 7.31. The van der Waals surface area contributed by atoms with Crippen molar-refractivity contribution in [3.63, 3.8) is 0 Å². The van der Waals surface area contributed by atoms with E-state index in [0.29, 0.717) is 17.0 Å². The highest BCUT2D eigenvalue weighted by Crippen LogP contribution is 2.13. The Bertz CT molecular complexity index is 386. The van der Waals surface area contributed by atoms with Gasteiger partial charge in [-0.05, 0) is 67.0 Å². The highest BCUT2D eigenvalue weighted by atomic mass is 79.9. The third-order valence-electron chi connectivity index (χ3n) is 3.18. The average molecular weight is 315 g/mol. The summed E-state index contributed by atoms with van der Waals surface area (Å²) in [6.45, 7) is 4.19. The minimum Gasteiger partial charge on any atom is -0.444 e. The van der Waals surface area contributed by atoms with Crippen LogP contribution in [0.3, 0.4) is 0 Å². The summed E-state index contributed by atoms with van der Waals surface area (Å²) in [5, 5.41) is 2.87. The van der Waals surface area contributed by atoms with Crippen LogP contribution in [-0.4, -0.2) is 37.0 Å². The highest BCUT2D eigenvalue weighted by molar-refractivity contribution is 9.10. The molecular weight excluding hydrogens is 296 g/mol.